The minimum atomic E-state index is -0.359. The summed E-state index contributed by atoms with van der Waals surface area (Å²) in [6.45, 7) is 2.80. The Hall–Kier alpha value is -2.08. The van der Waals surface area contributed by atoms with E-state index in [1.165, 1.54) is 0 Å². The van der Waals surface area contributed by atoms with Crippen molar-refractivity contribution in [3.05, 3.63) is 23.8 Å². The van der Waals surface area contributed by atoms with E-state index >= 15 is 0 Å². The lowest BCUT2D eigenvalue weighted by atomic mass is 10.0. The number of hydrogen-bond acceptors (Lipinski definition) is 4. The monoisotopic (exact) mass is 290 g/mol. The molecule has 2 rings (SSSR count). The van der Waals surface area contributed by atoms with Crippen LogP contribution in [-0.2, 0) is 9.59 Å². The number of aryl methyl sites for hydroxylation is 1. The minimum absolute atomic E-state index is 0.161. The van der Waals surface area contributed by atoms with Gasteiger partial charge in [0.05, 0.1) is 12.6 Å². The maximum Gasteiger partial charge on any atom is 0.238 e. The van der Waals surface area contributed by atoms with Gasteiger partial charge in [0.2, 0.25) is 11.8 Å². The smallest absolute Gasteiger partial charge is 0.238 e. The van der Waals surface area contributed by atoms with Crippen molar-refractivity contribution in [2.45, 2.75) is 32.2 Å². The molecule has 5 N–H and O–H groups in total. The van der Waals surface area contributed by atoms with E-state index in [0.717, 1.165) is 31.4 Å². The van der Waals surface area contributed by atoms with Gasteiger partial charge in [-0.2, -0.15) is 0 Å². The van der Waals surface area contributed by atoms with E-state index in [4.69, 9.17) is 11.5 Å². The molecular weight excluding hydrogens is 268 g/mol. The number of nitrogens with two attached hydrogens (primary N) is 2. The molecule has 114 valence electrons. The van der Waals surface area contributed by atoms with Crippen LogP contribution < -0.4 is 16.8 Å². The van der Waals surface area contributed by atoms with Gasteiger partial charge < -0.3 is 16.8 Å². The van der Waals surface area contributed by atoms with Crippen LogP contribution in [-0.4, -0.2) is 35.8 Å². The maximum absolute atomic E-state index is 12.1. The number of amides is 2. The lowest BCUT2D eigenvalue weighted by Crippen LogP contribution is -2.50. The fourth-order valence-corrected chi connectivity index (χ4v) is 2.61. The number of piperidine rings is 1. The number of nitrogens with zero attached hydrogens (tertiary/aromatic N) is 1. The van der Waals surface area contributed by atoms with Crippen LogP contribution in [0.5, 0.6) is 0 Å². The highest BCUT2D eigenvalue weighted by atomic mass is 16.2. The third-order valence-corrected chi connectivity index (χ3v) is 3.85. The first-order valence-corrected chi connectivity index (χ1v) is 7.16. The van der Waals surface area contributed by atoms with E-state index in [0.29, 0.717) is 11.4 Å². The molecule has 0 bridgehead atoms. The number of carbonyl (C=O) groups is 2. The molecule has 21 heavy (non-hydrogen) atoms. The molecule has 0 aromatic heterocycles. The number of primary amides is 1. The first-order chi connectivity index (χ1) is 9.97. The Morgan fingerprint density at radius 1 is 1.38 bits per heavy atom. The summed E-state index contributed by atoms with van der Waals surface area (Å²) >= 11 is 0. The molecule has 1 aromatic rings. The molecule has 1 atom stereocenters. The highest BCUT2D eigenvalue weighted by Crippen LogP contribution is 2.18. The van der Waals surface area contributed by atoms with Crippen LogP contribution in [0, 0.1) is 6.92 Å². The number of carbonyl (C=O) groups excluding carboxylic acids is 2. The summed E-state index contributed by atoms with van der Waals surface area (Å²) in [5, 5.41) is 2.80. The van der Waals surface area contributed by atoms with Crippen molar-refractivity contribution in [2.24, 2.45) is 5.73 Å². The Morgan fingerprint density at radius 2 is 2.14 bits per heavy atom. The van der Waals surface area contributed by atoms with E-state index in [1.807, 2.05) is 24.0 Å². The fourth-order valence-electron chi connectivity index (χ4n) is 2.61. The predicted octanol–water partition coefficient (Wildman–Crippen LogP) is 0.856. The van der Waals surface area contributed by atoms with E-state index in [-0.39, 0.29) is 24.4 Å². The van der Waals surface area contributed by atoms with Crippen molar-refractivity contribution in [2.75, 3.05) is 24.1 Å². The van der Waals surface area contributed by atoms with Gasteiger partial charge in [-0.3, -0.25) is 14.5 Å². The molecule has 1 fully saturated rings. The lowest BCUT2D eigenvalue weighted by Gasteiger charge is -2.32. The molecule has 1 aliphatic rings. The van der Waals surface area contributed by atoms with Crippen LogP contribution >= 0.6 is 0 Å². The summed E-state index contributed by atoms with van der Waals surface area (Å²) in [5.41, 5.74) is 13.5. The average molecular weight is 290 g/mol. The molecule has 0 spiro atoms. The number of benzene rings is 1. The average Bonchev–Trinajstić information content (AvgIpc) is 2.43. The van der Waals surface area contributed by atoms with Gasteiger partial charge in [0.15, 0.2) is 0 Å². The normalized spacial score (nSPS) is 19.2. The van der Waals surface area contributed by atoms with Crippen molar-refractivity contribution in [1.82, 2.24) is 4.90 Å². The van der Waals surface area contributed by atoms with Crippen molar-refractivity contribution >= 4 is 23.2 Å². The third-order valence-electron chi connectivity index (χ3n) is 3.85. The fraction of sp³-hybridized carbons (Fsp3) is 0.467. The quantitative estimate of drug-likeness (QED) is 0.716. The SMILES string of the molecule is Cc1ccc(NC(=O)CN2CCCCC2C(N)=O)cc1N. The summed E-state index contributed by atoms with van der Waals surface area (Å²) in [7, 11) is 0. The third kappa shape index (κ3) is 3.95. The summed E-state index contributed by atoms with van der Waals surface area (Å²) < 4.78 is 0. The van der Waals surface area contributed by atoms with Crippen LogP contribution in [0.2, 0.25) is 0 Å². The Labute approximate surface area is 124 Å². The van der Waals surface area contributed by atoms with Gasteiger partial charge in [0, 0.05) is 11.4 Å². The summed E-state index contributed by atoms with van der Waals surface area (Å²) in [6, 6.07) is 5.06. The van der Waals surface area contributed by atoms with Gasteiger partial charge in [-0.05, 0) is 44.0 Å². The Morgan fingerprint density at radius 3 is 2.81 bits per heavy atom. The predicted molar refractivity (Wildman–Crippen MR) is 82.6 cm³/mol. The largest absolute Gasteiger partial charge is 0.398 e. The number of likely N-dealkylation sites (tertiary alicyclic amines) is 1. The molecule has 0 radical (unpaired) electrons. The highest BCUT2D eigenvalue weighted by molar-refractivity contribution is 5.93. The molecule has 1 aromatic carbocycles. The Kier molecular flexibility index (Phi) is 4.80. The number of nitrogens with one attached hydrogen (secondary N) is 1. The van der Waals surface area contributed by atoms with Crippen LogP contribution in [0.1, 0.15) is 24.8 Å². The van der Waals surface area contributed by atoms with E-state index in [1.54, 1.807) is 6.07 Å². The van der Waals surface area contributed by atoms with Gasteiger partial charge in [-0.15, -0.1) is 0 Å². The topological polar surface area (TPSA) is 101 Å². The number of anilines is 2. The molecule has 6 heteroatoms. The molecule has 1 heterocycles. The van der Waals surface area contributed by atoms with Crippen molar-refractivity contribution < 1.29 is 9.59 Å². The second kappa shape index (κ2) is 6.58. The van der Waals surface area contributed by atoms with Crippen LogP contribution in [0.15, 0.2) is 18.2 Å². The molecule has 2 amide bonds. The first-order valence-electron chi connectivity index (χ1n) is 7.16. The maximum atomic E-state index is 12.1. The number of rotatable bonds is 4. The molecule has 0 saturated carbocycles. The van der Waals surface area contributed by atoms with E-state index in [9.17, 15) is 9.59 Å². The molecule has 1 aliphatic heterocycles. The van der Waals surface area contributed by atoms with E-state index in [2.05, 4.69) is 5.32 Å². The Bertz CT molecular complexity index is 544. The Balaban J connectivity index is 1.97. The molecule has 6 nitrogen and oxygen atoms in total. The second-order valence-electron chi connectivity index (χ2n) is 5.50. The van der Waals surface area contributed by atoms with Crippen LogP contribution in [0.25, 0.3) is 0 Å². The van der Waals surface area contributed by atoms with Crippen molar-refractivity contribution in [1.29, 1.82) is 0 Å². The number of hydrogen-bond donors (Lipinski definition) is 3. The van der Waals surface area contributed by atoms with Gasteiger partial charge in [0.1, 0.15) is 0 Å². The van der Waals surface area contributed by atoms with E-state index < -0.39 is 0 Å². The second-order valence-corrected chi connectivity index (χ2v) is 5.50. The van der Waals surface area contributed by atoms with Gasteiger partial charge >= 0.3 is 0 Å². The van der Waals surface area contributed by atoms with Crippen LogP contribution in [0.3, 0.4) is 0 Å². The van der Waals surface area contributed by atoms with Crippen molar-refractivity contribution in [3.63, 3.8) is 0 Å². The zero-order valence-corrected chi connectivity index (χ0v) is 12.3. The summed E-state index contributed by atoms with van der Waals surface area (Å²) in [6.07, 6.45) is 2.68. The highest BCUT2D eigenvalue weighted by Gasteiger charge is 2.28. The zero-order chi connectivity index (χ0) is 15.4. The molecule has 0 aliphatic carbocycles. The summed E-state index contributed by atoms with van der Waals surface area (Å²) in [4.78, 5) is 25.4. The summed E-state index contributed by atoms with van der Waals surface area (Å²) in [5.74, 6) is -0.520. The minimum Gasteiger partial charge on any atom is -0.398 e. The van der Waals surface area contributed by atoms with Crippen molar-refractivity contribution in [3.8, 4) is 0 Å². The lowest BCUT2D eigenvalue weighted by molar-refractivity contribution is -0.126. The first kappa shape index (κ1) is 15.3. The molecular formula is C15H22N4O2. The van der Waals surface area contributed by atoms with Gasteiger partial charge in [-0.1, -0.05) is 12.5 Å². The van der Waals surface area contributed by atoms with Crippen LogP contribution in [0.4, 0.5) is 11.4 Å². The van der Waals surface area contributed by atoms with Gasteiger partial charge in [-0.25, -0.2) is 0 Å². The standard InChI is InChI=1S/C15H22N4O2/c1-10-5-6-11(8-12(10)16)18-14(20)9-19-7-3-2-4-13(19)15(17)21/h5-6,8,13H,2-4,7,9,16H2,1H3,(H2,17,21)(H,18,20). The zero-order valence-electron chi connectivity index (χ0n) is 12.3. The number of nitrogen functional groups attached to an aromatic ring is 1. The van der Waals surface area contributed by atoms with Gasteiger partial charge in [0.25, 0.3) is 0 Å². The molecule has 1 unspecified atom stereocenters. The molecule has 1 saturated heterocycles.